The van der Waals surface area contributed by atoms with Gasteiger partial charge in [0.2, 0.25) is 5.91 Å². The average Bonchev–Trinajstić information content (AvgIpc) is 3.17. The van der Waals surface area contributed by atoms with Gasteiger partial charge in [0, 0.05) is 44.2 Å². The topological polar surface area (TPSA) is 124 Å². The Bertz CT molecular complexity index is 1440. The van der Waals surface area contributed by atoms with Crippen molar-refractivity contribution in [3.63, 3.8) is 0 Å². The van der Waals surface area contributed by atoms with Crippen molar-refractivity contribution in [2.75, 3.05) is 26.2 Å². The molecule has 2 aromatic heterocycles. The molecular formula is C28H35F3N6O4. The fourth-order valence-corrected chi connectivity index (χ4v) is 6.25. The van der Waals surface area contributed by atoms with Gasteiger partial charge in [-0.25, -0.2) is 27.7 Å². The summed E-state index contributed by atoms with van der Waals surface area (Å²) in [6, 6.07) is -0.350. The third kappa shape index (κ3) is 6.19. The number of aromatic amines is 1. The van der Waals surface area contributed by atoms with Crippen molar-refractivity contribution in [3.05, 3.63) is 52.4 Å². The van der Waals surface area contributed by atoms with E-state index in [0.29, 0.717) is 49.9 Å². The van der Waals surface area contributed by atoms with Gasteiger partial charge < -0.3 is 20.2 Å². The number of nitrogens with zero attached hydrogens (tertiary/aromatic N) is 4. The van der Waals surface area contributed by atoms with Crippen LogP contribution in [0.4, 0.5) is 18.0 Å². The zero-order chi connectivity index (χ0) is 29.5. The van der Waals surface area contributed by atoms with E-state index in [4.69, 9.17) is 0 Å². The SMILES string of the molecule is CC(C)(O)CN1C[C@H](C2CC=CC(F)=C2F)CC[C@@H](NC(=O)N2CCC(n3c(=O)[nH]c4ncc(F)cc43)CC2)C1=O. The number of allylic oxidation sites excluding steroid dienone is 4. The van der Waals surface area contributed by atoms with Crippen LogP contribution < -0.4 is 11.0 Å². The smallest absolute Gasteiger partial charge is 0.327 e. The number of pyridine rings is 1. The predicted octanol–water partition coefficient (Wildman–Crippen LogP) is 3.32. The molecule has 0 saturated carbocycles. The molecule has 0 aromatic carbocycles. The number of fused-ring (bicyclic) bond motifs is 1. The molecule has 13 heteroatoms. The lowest BCUT2D eigenvalue weighted by Gasteiger charge is -2.35. The molecule has 2 aliphatic heterocycles. The van der Waals surface area contributed by atoms with E-state index in [0.717, 1.165) is 12.3 Å². The first kappa shape index (κ1) is 28.9. The molecule has 10 nitrogen and oxygen atoms in total. The number of β-amino-alcohol motifs (C(OH)–C–C–N with tert-alkyl or cyclic N) is 1. The maximum atomic E-state index is 14.7. The van der Waals surface area contributed by atoms with Gasteiger partial charge in [-0.2, -0.15) is 0 Å². The summed E-state index contributed by atoms with van der Waals surface area (Å²) in [5, 5.41) is 13.3. The van der Waals surface area contributed by atoms with E-state index in [1.165, 1.54) is 15.5 Å². The number of hydrogen-bond acceptors (Lipinski definition) is 5. The number of imidazole rings is 1. The van der Waals surface area contributed by atoms with Crippen molar-refractivity contribution >= 4 is 23.1 Å². The molecule has 0 radical (unpaired) electrons. The minimum Gasteiger partial charge on any atom is -0.389 e. The van der Waals surface area contributed by atoms with Crippen molar-refractivity contribution < 1.29 is 27.9 Å². The van der Waals surface area contributed by atoms with Gasteiger partial charge in [-0.05, 0) is 57.9 Å². The number of halogens is 3. The molecule has 3 aliphatic rings. The highest BCUT2D eigenvalue weighted by Crippen LogP contribution is 2.37. The van der Waals surface area contributed by atoms with Crippen LogP contribution in [0.2, 0.25) is 0 Å². The Balaban J connectivity index is 1.26. The van der Waals surface area contributed by atoms with E-state index >= 15 is 0 Å². The molecule has 0 bridgehead atoms. The van der Waals surface area contributed by atoms with E-state index in [2.05, 4.69) is 15.3 Å². The lowest BCUT2D eigenvalue weighted by Crippen LogP contribution is -2.54. The minimum absolute atomic E-state index is 0.0225. The molecule has 41 heavy (non-hydrogen) atoms. The summed E-state index contributed by atoms with van der Waals surface area (Å²) in [6.07, 6.45) is 5.54. The monoisotopic (exact) mass is 576 g/mol. The highest BCUT2D eigenvalue weighted by Gasteiger charge is 2.39. The summed E-state index contributed by atoms with van der Waals surface area (Å²) in [4.78, 5) is 48.9. The Morgan fingerprint density at radius 3 is 2.61 bits per heavy atom. The lowest BCUT2D eigenvalue weighted by molar-refractivity contribution is -0.136. The van der Waals surface area contributed by atoms with Crippen LogP contribution in [0.25, 0.3) is 11.2 Å². The number of H-pyrrole nitrogens is 1. The molecule has 5 rings (SSSR count). The van der Waals surface area contributed by atoms with Gasteiger partial charge in [-0.15, -0.1) is 0 Å². The third-order valence-electron chi connectivity index (χ3n) is 8.20. The molecule has 222 valence electrons. The van der Waals surface area contributed by atoms with Crippen molar-refractivity contribution in [3.8, 4) is 0 Å². The number of aliphatic hydroxyl groups is 1. The molecule has 1 aliphatic carbocycles. The summed E-state index contributed by atoms with van der Waals surface area (Å²) in [6.45, 7) is 3.84. The summed E-state index contributed by atoms with van der Waals surface area (Å²) in [5.74, 6) is -3.78. The summed E-state index contributed by atoms with van der Waals surface area (Å²) >= 11 is 0. The van der Waals surface area contributed by atoms with Crippen molar-refractivity contribution in [2.24, 2.45) is 11.8 Å². The molecular weight excluding hydrogens is 541 g/mol. The number of carbonyl (C=O) groups excluding carboxylic acids is 2. The van der Waals surface area contributed by atoms with Crippen molar-refractivity contribution in [1.29, 1.82) is 0 Å². The Labute approximate surface area is 234 Å². The number of hydrogen-bond donors (Lipinski definition) is 3. The maximum Gasteiger partial charge on any atom is 0.327 e. The van der Waals surface area contributed by atoms with Gasteiger partial charge in [0.15, 0.2) is 11.5 Å². The number of piperidine rings is 1. The quantitative estimate of drug-likeness (QED) is 0.504. The van der Waals surface area contributed by atoms with Gasteiger partial charge in [0.25, 0.3) is 0 Å². The molecule has 2 saturated heterocycles. The van der Waals surface area contributed by atoms with E-state index in [-0.39, 0.29) is 37.4 Å². The Kier molecular flexibility index (Phi) is 8.00. The molecule has 0 spiro atoms. The minimum atomic E-state index is -1.23. The van der Waals surface area contributed by atoms with Gasteiger partial charge in [-0.1, -0.05) is 6.08 Å². The molecule has 2 aromatic rings. The first-order chi connectivity index (χ1) is 19.4. The second-order valence-corrected chi connectivity index (χ2v) is 11.9. The molecule has 3 N–H and O–H groups in total. The molecule has 3 atom stereocenters. The molecule has 4 heterocycles. The first-order valence-electron chi connectivity index (χ1n) is 14.0. The van der Waals surface area contributed by atoms with E-state index in [9.17, 15) is 32.7 Å². The number of amides is 3. The maximum absolute atomic E-state index is 14.7. The number of urea groups is 1. The number of rotatable bonds is 5. The normalized spacial score (nSPS) is 24.7. The van der Waals surface area contributed by atoms with Gasteiger partial charge in [0.1, 0.15) is 17.7 Å². The number of nitrogens with one attached hydrogen (secondary N) is 2. The Morgan fingerprint density at radius 1 is 1.17 bits per heavy atom. The first-order valence-corrected chi connectivity index (χ1v) is 14.0. The largest absolute Gasteiger partial charge is 0.389 e. The summed E-state index contributed by atoms with van der Waals surface area (Å²) < 4.78 is 44.0. The highest BCUT2D eigenvalue weighted by molar-refractivity contribution is 5.87. The zero-order valence-electron chi connectivity index (χ0n) is 23.1. The van der Waals surface area contributed by atoms with Crippen LogP contribution in [-0.4, -0.2) is 79.2 Å². The third-order valence-corrected chi connectivity index (χ3v) is 8.20. The van der Waals surface area contributed by atoms with Crippen LogP contribution in [0, 0.1) is 17.7 Å². The summed E-state index contributed by atoms with van der Waals surface area (Å²) in [5.41, 5.74) is -0.972. The number of likely N-dealkylation sites (tertiary alicyclic amines) is 2. The fraction of sp³-hybridized carbons (Fsp3) is 0.571. The zero-order valence-corrected chi connectivity index (χ0v) is 23.1. The number of aromatic nitrogens is 3. The Hall–Kier alpha value is -3.61. The molecule has 3 amide bonds. The standard InChI is InChI=1S/C28H35F3N6O4/c1-28(2,41)15-36-14-16(19-4-3-5-20(30)23(19)31)6-7-21(25(36)38)33-26(39)35-10-8-18(9-11-35)37-22-12-17(29)13-32-24(22)34-27(37)40/h3,5,12-13,16,18-19,21,41H,4,6-11,14-15H2,1-2H3,(H,33,39)(H,32,34,40)/t16-,19?,21-/m1/s1. The van der Waals surface area contributed by atoms with E-state index < -0.39 is 46.8 Å². The van der Waals surface area contributed by atoms with Crippen LogP contribution in [0.3, 0.4) is 0 Å². The van der Waals surface area contributed by atoms with Gasteiger partial charge in [-0.3, -0.25) is 14.3 Å². The predicted molar refractivity (Wildman–Crippen MR) is 145 cm³/mol. The van der Waals surface area contributed by atoms with Gasteiger partial charge >= 0.3 is 11.7 Å². The van der Waals surface area contributed by atoms with Crippen LogP contribution in [0.1, 0.15) is 52.0 Å². The fourth-order valence-electron chi connectivity index (χ4n) is 6.25. The Morgan fingerprint density at radius 2 is 1.90 bits per heavy atom. The van der Waals surface area contributed by atoms with E-state index in [1.54, 1.807) is 24.8 Å². The van der Waals surface area contributed by atoms with Crippen LogP contribution in [0.5, 0.6) is 0 Å². The van der Waals surface area contributed by atoms with Crippen molar-refractivity contribution in [2.45, 2.75) is 63.6 Å². The average molecular weight is 577 g/mol. The van der Waals surface area contributed by atoms with Crippen LogP contribution in [0.15, 0.2) is 40.9 Å². The number of carbonyl (C=O) groups is 2. The van der Waals surface area contributed by atoms with Crippen molar-refractivity contribution in [1.82, 2.24) is 29.7 Å². The second kappa shape index (κ2) is 11.3. The van der Waals surface area contributed by atoms with Gasteiger partial charge in [0.05, 0.1) is 17.3 Å². The summed E-state index contributed by atoms with van der Waals surface area (Å²) in [7, 11) is 0. The highest BCUT2D eigenvalue weighted by atomic mass is 19.2. The van der Waals surface area contributed by atoms with Crippen LogP contribution in [-0.2, 0) is 4.79 Å². The molecule has 2 fully saturated rings. The second-order valence-electron chi connectivity index (χ2n) is 11.9. The van der Waals surface area contributed by atoms with Crippen LogP contribution >= 0.6 is 0 Å². The lowest BCUT2D eigenvalue weighted by atomic mass is 9.82. The van der Waals surface area contributed by atoms with E-state index in [1.807, 2.05) is 0 Å². The molecule has 1 unspecified atom stereocenters.